The van der Waals surface area contributed by atoms with Gasteiger partial charge in [-0.25, -0.2) is 0 Å². The van der Waals surface area contributed by atoms with Gasteiger partial charge in [-0.15, -0.1) is 0 Å². The summed E-state index contributed by atoms with van der Waals surface area (Å²) in [6, 6.07) is 11.8. The average molecular weight is 377 g/mol. The number of nitrogens with zero attached hydrogens (tertiary/aromatic N) is 1. The van der Waals surface area contributed by atoms with E-state index in [1.165, 1.54) is 0 Å². The topological polar surface area (TPSA) is 66.5 Å². The standard InChI is InChI=1S/C18H14Cl2N2O3/c19-14-6-5-11(9-15(14)20)7-8-21-16(23)10-22-17(24)12-3-1-2-4-13(12)18(22)25/h1-6,9H,7-8,10H2,(H,21,23). The molecule has 0 atom stereocenters. The zero-order valence-electron chi connectivity index (χ0n) is 13.1. The maximum Gasteiger partial charge on any atom is 0.262 e. The second-order valence-corrected chi connectivity index (χ2v) is 6.40. The Bertz CT molecular complexity index is 832. The highest BCUT2D eigenvalue weighted by Crippen LogP contribution is 2.23. The summed E-state index contributed by atoms with van der Waals surface area (Å²) in [5.74, 6) is -1.28. The molecule has 25 heavy (non-hydrogen) atoms. The van der Waals surface area contributed by atoms with Crippen LogP contribution >= 0.6 is 23.2 Å². The molecule has 1 heterocycles. The fraction of sp³-hybridized carbons (Fsp3) is 0.167. The summed E-state index contributed by atoms with van der Waals surface area (Å²) >= 11 is 11.8. The van der Waals surface area contributed by atoms with Crippen LogP contribution in [0, 0.1) is 0 Å². The Morgan fingerprint density at radius 3 is 2.20 bits per heavy atom. The van der Waals surface area contributed by atoms with Gasteiger partial charge in [0.25, 0.3) is 11.8 Å². The van der Waals surface area contributed by atoms with Gasteiger partial charge in [-0.2, -0.15) is 0 Å². The molecule has 7 heteroatoms. The molecule has 3 rings (SSSR count). The molecule has 1 aliphatic rings. The van der Waals surface area contributed by atoms with Crippen LogP contribution in [0.2, 0.25) is 10.0 Å². The Balaban J connectivity index is 1.54. The van der Waals surface area contributed by atoms with Crippen molar-refractivity contribution >= 4 is 40.9 Å². The lowest BCUT2D eigenvalue weighted by Gasteiger charge is -2.13. The number of amides is 3. The van der Waals surface area contributed by atoms with Crippen LogP contribution in [-0.2, 0) is 11.2 Å². The fourth-order valence-corrected chi connectivity index (χ4v) is 2.94. The Morgan fingerprint density at radius 2 is 1.60 bits per heavy atom. The van der Waals surface area contributed by atoms with Crippen molar-refractivity contribution in [2.45, 2.75) is 6.42 Å². The molecule has 2 aromatic rings. The van der Waals surface area contributed by atoms with E-state index in [0.717, 1.165) is 10.5 Å². The van der Waals surface area contributed by atoms with Crippen LogP contribution in [0.15, 0.2) is 42.5 Å². The third-order valence-corrected chi connectivity index (χ3v) is 4.64. The first-order valence-electron chi connectivity index (χ1n) is 7.63. The number of halogens is 2. The summed E-state index contributed by atoms with van der Waals surface area (Å²) in [6.07, 6.45) is 0.560. The molecular weight excluding hydrogens is 363 g/mol. The van der Waals surface area contributed by atoms with Gasteiger partial charge in [0.2, 0.25) is 5.91 Å². The molecule has 0 aliphatic carbocycles. The molecule has 0 radical (unpaired) electrons. The van der Waals surface area contributed by atoms with E-state index in [4.69, 9.17) is 23.2 Å². The van der Waals surface area contributed by atoms with E-state index in [1.807, 2.05) is 6.07 Å². The van der Waals surface area contributed by atoms with Crippen LogP contribution < -0.4 is 5.32 Å². The molecule has 0 fully saturated rings. The van der Waals surface area contributed by atoms with Crippen molar-refractivity contribution in [3.05, 3.63) is 69.2 Å². The summed E-state index contributed by atoms with van der Waals surface area (Å²) in [5.41, 5.74) is 1.59. The molecule has 0 saturated heterocycles. The monoisotopic (exact) mass is 376 g/mol. The van der Waals surface area contributed by atoms with Gasteiger partial charge >= 0.3 is 0 Å². The zero-order chi connectivity index (χ0) is 18.0. The van der Waals surface area contributed by atoms with Crippen LogP contribution in [0.25, 0.3) is 0 Å². The molecule has 0 unspecified atom stereocenters. The number of imide groups is 1. The average Bonchev–Trinajstić information content (AvgIpc) is 2.83. The third-order valence-electron chi connectivity index (χ3n) is 3.90. The third kappa shape index (κ3) is 3.67. The van der Waals surface area contributed by atoms with E-state index in [2.05, 4.69) is 5.32 Å². The maximum absolute atomic E-state index is 12.2. The quantitative estimate of drug-likeness (QED) is 0.815. The SMILES string of the molecule is O=C(CN1C(=O)c2ccccc2C1=O)NCCc1ccc(Cl)c(Cl)c1. The van der Waals surface area contributed by atoms with Crippen molar-refractivity contribution in [2.24, 2.45) is 0 Å². The van der Waals surface area contributed by atoms with Crippen LogP contribution in [0.3, 0.4) is 0 Å². The van der Waals surface area contributed by atoms with Gasteiger partial charge in [-0.3, -0.25) is 19.3 Å². The van der Waals surface area contributed by atoms with E-state index in [1.54, 1.807) is 36.4 Å². The Kier molecular flexibility index (Phi) is 5.06. The zero-order valence-corrected chi connectivity index (χ0v) is 14.6. The van der Waals surface area contributed by atoms with Gasteiger partial charge in [-0.05, 0) is 36.2 Å². The summed E-state index contributed by atoms with van der Waals surface area (Å²) < 4.78 is 0. The lowest BCUT2D eigenvalue weighted by molar-refractivity contribution is -0.121. The number of hydrogen-bond acceptors (Lipinski definition) is 3. The predicted molar refractivity (Wildman–Crippen MR) is 95.0 cm³/mol. The minimum atomic E-state index is -0.444. The lowest BCUT2D eigenvalue weighted by Crippen LogP contribution is -2.40. The summed E-state index contributed by atoms with van der Waals surface area (Å²) in [4.78, 5) is 37.4. The van der Waals surface area contributed by atoms with E-state index >= 15 is 0 Å². The smallest absolute Gasteiger partial charge is 0.262 e. The summed E-state index contributed by atoms with van der Waals surface area (Å²) in [7, 11) is 0. The van der Waals surface area contributed by atoms with Crippen molar-refractivity contribution in [2.75, 3.05) is 13.1 Å². The predicted octanol–water partition coefficient (Wildman–Crippen LogP) is 2.95. The Hall–Kier alpha value is -2.37. The molecule has 2 aromatic carbocycles. The minimum Gasteiger partial charge on any atom is -0.354 e. The maximum atomic E-state index is 12.2. The normalized spacial score (nSPS) is 13.1. The molecule has 128 valence electrons. The van der Waals surface area contributed by atoms with Gasteiger partial charge in [0.15, 0.2) is 0 Å². The summed E-state index contributed by atoms with van der Waals surface area (Å²) in [5, 5.41) is 3.63. The second kappa shape index (κ2) is 7.25. The molecule has 0 bridgehead atoms. The number of carbonyl (C=O) groups is 3. The molecule has 0 saturated carbocycles. The molecule has 0 spiro atoms. The number of nitrogens with one attached hydrogen (secondary N) is 1. The van der Waals surface area contributed by atoms with E-state index in [-0.39, 0.29) is 6.54 Å². The first kappa shape index (κ1) is 17.5. The lowest BCUT2D eigenvalue weighted by atomic mass is 10.1. The Morgan fingerprint density at radius 1 is 0.960 bits per heavy atom. The highest BCUT2D eigenvalue weighted by atomic mass is 35.5. The number of rotatable bonds is 5. The van der Waals surface area contributed by atoms with Crippen molar-refractivity contribution in [1.29, 1.82) is 0 Å². The first-order chi connectivity index (χ1) is 12.0. The number of hydrogen-bond donors (Lipinski definition) is 1. The molecule has 0 aromatic heterocycles. The second-order valence-electron chi connectivity index (χ2n) is 5.59. The number of benzene rings is 2. The molecule has 3 amide bonds. The van der Waals surface area contributed by atoms with Gasteiger partial charge in [-0.1, -0.05) is 41.4 Å². The summed E-state index contributed by atoms with van der Waals surface area (Å²) in [6.45, 7) is 0.0632. The van der Waals surface area contributed by atoms with Crippen LogP contribution in [-0.4, -0.2) is 35.7 Å². The van der Waals surface area contributed by atoms with E-state index < -0.39 is 17.7 Å². The van der Waals surface area contributed by atoms with Gasteiger partial charge in [0, 0.05) is 6.54 Å². The highest BCUT2D eigenvalue weighted by Gasteiger charge is 2.36. The van der Waals surface area contributed by atoms with Gasteiger partial charge in [0.1, 0.15) is 6.54 Å². The molecular formula is C18H14Cl2N2O3. The van der Waals surface area contributed by atoms with E-state index in [0.29, 0.717) is 34.1 Å². The number of fused-ring (bicyclic) bond motifs is 1. The van der Waals surface area contributed by atoms with Crippen molar-refractivity contribution < 1.29 is 14.4 Å². The largest absolute Gasteiger partial charge is 0.354 e. The first-order valence-corrected chi connectivity index (χ1v) is 8.39. The highest BCUT2D eigenvalue weighted by molar-refractivity contribution is 6.42. The van der Waals surface area contributed by atoms with Crippen LogP contribution in [0.5, 0.6) is 0 Å². The molecule has 1 N–H and O–H groups in total. The van der Waals surface area contributed by atoms with Gasteiger partial charge in [0.05, 0.1) is 21.2 Å². The van der Waals surface area contributed by atoms with Crippen LogP contribution in [0.4, 0.5) is 0 Å². The van der Waals surface area contributed by atoms with Gasteiger partial charge < -0.3 is 5.32 Å². The van der Waals surface area contributed by atoms with Crippen molar-refractivity contribution in [3.8, 4) is 0 Å². The molecule has 5 nitrogen and oxygen atoms in total. The number of carbonyl (C=O) groups excluding carboxylic acids is 3. The fourth-order valence-electron chi connectivity index (χ4n) is 2.62. The Labute approximate surface area is 154 Å². The van der Waals surface area contributed by atoms with Crippen LogP contribution in [0.1, 0.15) is 26.3 Å². The van der Waals surface area contributed by atoms with Crippen molar-refractivity contribution in [3.63, 3.8) is 0 Å². The minimum absolute atomic E-state index is 0.298. The van der Waals surface area contributed by atoms with Crippen molar-refractivity contribution in [1.82, 2.24) is 10.2 Å². The molecule has 1 aliphatic heterocycles. The van der Waals surface area contributed by atoms with E-state index in [9.17, 15) is 14.4 Å².